The summed E-state index contributed by atoms with van der Waals surface area (Å²) in [7, 11) is 0. The Bertz CT molecular complexity index is 1470. The van der Waals surface area contributed by atoms with Crippen molar-refractivity contribution in [3.8, 4) is 0 Å². The molecule has 3 aliphatic carbocycles. The summed E-state index contributed by atoms with van der Waals surface area (Å²) in [6, 6.07) is 19.8. The first-order valence-electron chi connectivity index (χ1n) is 13.6. The molecule has 3 aromatic rings. The highest BCUT2D eigenvalue weighted by molar-refractivity contribution is 9.10. The third-order valence-electron chi connectivity index (χ3n) is 8.31. The van der Waals surface area contributed by atoms with Crippen molar-refractivity contribution in [1.29, 1.82) is 0 Å². The van der Waals surface area contributed by atoms with Crippen molar-refractivity contribution in [2.75, 3.05) is 11.9 Å². The van der Waals surface area contributed by atoms with Gasteiger partial charge in [0.1, 0.15) is 6.04 Å². The minimum atomic E-state index is -1.12. The van der Waals surface area contributed by atoms with Gasteiger partial charge in [-0.05, 0) is 68.7 Å². The van der Waals surface area contributed by atoms with Crippen LogP contribution in [0.1, 0.15) is 54.4 Å². The van der Waals surface area contributed by atoms with Crippen molar-refractivity contribution >= 4 is 56.9 Å². The lowest BCUT2D eigenvalue weighted by atomic mass is 9.55. The van der Waals surface area contributed by atoms with Gasteiger partial charge in [0.2, 0.25) is 11.8 Å². The summed E-state index contributed by atoms with van der Waals surface area (Å²) in [6.45, 7) is 3.27. The number of imide groups is 1. The molecular weight excluding hydrogens is 608 g/mol. The van der Waals surface area contributed by atoms with Crippen LogP contribution in [-0.4, -0.2) is 41.2 Å². The Morgan fingerprint density at radius 1 is 0.902 bits per heavy atom. The maximum atomic E-state index is 14.1. The summed E-state index contributed by atoms with van der Waals surface area (Å²) in [5.74, 6) is -3.76. The molecule has 2 bridgehead atoms. The number of hydrogen-bond donors (Lipinski definition) is 1. The van der Waals surface area contributed by atoms with Crippen LogP contribution in [0.3, 0.4) is 0 Å². The number of amides is 3. The molecule has 210 valence electrons. The third-order valence-corrected chi connectivity index (χ3v) is 9.54. The molecule has 0 unspecified atom stereocenters. The van der Waals surface area contributed by atoms with Crippen LogP contribution >= 0.6 is 27.5 Å². The van der Waals surface area contributed by atoms with E-state index in [0.29, 0.717) is 15.2 Å². The molecule has 4 aliphatic rings. The average molecular weight is 636 g/mol. The molecule has 3 atom stereocenters. The van der Waals surface area contributed by atoms with Crippen LogP contribution in [0.4, 0.5) is 5.69 Å². The third kappa shape index (κ3) is 4.67. The molecule has 3 aromatic carbocycles. The monoisotopic (exact) mass is 634 g/mol. The van der Waals surface area contributed by atoms with Gasteiger partial charge in [0.05, 0.1) is 16.9 Å². The highest BCUT2D eigenvalue weighted by Crippen LogP contribution is 2.61. The van der Waals surface area contributed by atoms with Gasteiger partial charge in [0.25, 0.3) is 5.91 Å². The molecule has 3 amide bonds. The molecule has 0 aromatic heterocycles. The number of carbonyl (C=O) groups excluding carboxylic acids is 4. The Kier molecular flexibility index (Phi) is 7.24. The lowest BCUT2D eigenvalue weighted by molar-refractivity contribution is -0.160. The minimum absolute atomic E-state index is 0.0133. The molecule has 41 heavy (non-hydrogen) atoms. The van der Waals surface area contributed by atoms with E-state index in [9.17, 15) is 19.2 Å². The zero-order valence-electron chi connectivity index (χ0n) is 22.5. The molecule has 1 fully saturated rings. The lowest BCUT2D eigenvalue weighted by Gasteiger charge is -2.45. The predicted octanol–water partition coefficient (Wildman–Crippen LogP) is 5.89. The van der Waals surface area contributed by atoms with Crippen molar-refractivity contribution in [1.82, 2.24) is 4.90 Å². The molecule has 7 nitrogen and oxygen atoms in total. The number of hydrogen-bond acceptors (Lipinski definition) is 5. The molecular formula is C32H28BrClN2O5. The summed E-state index contributed by atoms with van der Waals surface area (Å²) < 4.78 is 6.09. The Labute approximate surface area is 251 Å². The number of rotatable bonds is 7. The van der Waals surface area contributed by atoms with E-state index in [0.717, 1.165) is 27.2 Å². The van der Waals surface area contributed by atoms with Crippen LogP contribution in [0.25, 0.3) is 0 Å². The molecule has 1 N–H and O–H groups in total. The van der Waals surface area contributed by atoms with Gasteiger partial charge in [-0.3, -0.25) is 19.3 Å². The topological polar surface area (TPSA) is 92.8 Å². The maximum absolute atomic E-state index is 14.1. The Hall–Kier alpha value is -3.49. The molecule has 0 radical (unpaired) electrons. The van der Waals surface area contributed by atoms with Crippen LogP contribution in [0.2, 0.25) is 5.02 Å². The van der Waals surface area contributed by atoms with Crippen molar-refractivity contribution in [2.45, 2.75) is 38.1 Å². The smallest absolute Gasteiger partial charge is 0.329 e. The van der Waals surface area contributed by atoms with E-state index in [1.54, 1.807) is 18.2 Å². The first-order valence-corrected chi connectivity index (χ1v) is 14.8. The molecule has 1 saturated heterocycles. The average Bonchev–Trinajstić information content (AvgIpc) is 3.22. The standard InChI is InChI=1S/C32H28BrClN2O5/c1-16(2)13-24(32(40)41-15-25(37)35-17-11-12-22(33)23(34)14-17)36-30(38)28-26-18-7-3-4-8-19(18)27(29(28)31(36)39)21-10-6-5-9-20(21)26/h3-12,14,16,24,26-29H,13,15H2,1-2H3,(H,35,37)/t24-,26?,27?,28+,29+/m1/s1. The van der Waals surface area contributed by atoms with Crippen LogP contribution in [0.5, 0.6) is 0 Å². The number of likely N-dealkylation sites (tertiary alicyclic amines) is 1. The van der Waals surface area contributed by atoms with E-state index in [1.807, 2.05) is 62.4 Å². The fraction of sp³-hybridized carbons (Fsp3) is 0.312. The number of carbonyl (C=O) groups is 4. The molecule has 0 saturated carbocycles. The number of halogens is 2. The first-order chi connectivity index (χ1) is 19.7. The molecule has 7 rings (SSSR count). The van der Waals surface area contributed by atoms with Gasteiger partial charge in [-0.1, -0.05) is 74.0 Å². The van der Waals surface area contributed by atoms with Crippen LogP contribution in [0.15, 0.2) is 71.2 Å². The largest absolute Gasteiger partial charge is 0.454 e. The maximum Gasteiger partial charge on any atom is 0.329 e. The van der Waals surface area contributed by atoms with Crippen molar-refractivity contribution in [3.63, 3.8) is 0 Å². The number of ether oxygens (including phenoxy) is 1. The SMILES string of the molecule is CC(C)C[C@H](C(=O)OCC(=O)Nc1ccc(Br)c(Cl)c1)N1C(=O)[C@H]2C3c4ccccc4C(c4ccccc43)[C@@H]2C1=O. The van der Waals surface area contributed by atoms with E-state index in [4.69, 9.17) is 16.3 Å². The number of esters is 1. The predicted molar refractivity (Wildman–Crippen MR) is 157 cm³/mol. The number of benzene rings is 3. The summed E-state index contributed by atoms with van der Waals surface area (Å²) in [4.78, 5) is 55.4. The first kappa shape index (κ1) is 27.7. The van der Waals surface area contributed by atoms with Gasteiger partial charge >= 0.3 is 5.97 Å². The lowest BCUT2D eigenvalue weighted by Crippen LogP contribution is -2.47. The second-order valence-electron chi connectivity index (χ2n) is 11.2. The van der Waals surface area contributed by atoms with Gasteiger partial charge in [0, 0.05) is 22.0 Å². The summed E-state index contributed by atoms with van der Waals surface area (Å²) in [5, 5.41) is 3.06. The van der Waals surface area contributed by atoms with Gasteiger partial charge in [-0.2, -0.15) is 0 Å². The van der Waals surface area contributed by atoms with E-state index >= 15 is 0 Å². The molecule has 1 aliphatic heterocycles. The minimum Gasteiger partial charge on any atom is -0.454 e. The number of anilines is 1. The van der Waals surface area contributed by atoms with E-state index in [2.05, 4.69) is 21.2 Å². The molecule has 1 heterocycles. The highest BCUT2D eigenvalue weighted by Gasteiger charge is 2.63. The quantitative estimate of drug-likeness (QED) is 0.258. The summed E-state index contributed by atoms with van der Waals surface area (Å²) in [6.07, 6.45) is 0.231. The number of nitrogens with zero attached hydrogens (tertiary/aromatic N) is 1. The second-order valence-corrected chi connectivity index (χ2v) is 12.5. The van der Waals surface area contributed by atoms with E-state index in [1.165, 1.54) is 0 Å². The fourth-order valence-corrected chi connectivity index (χ4v) is 7.19. The van der Waals surface area contributed by atoms with Gasteiger partial charge < -0.3 is 10.1 Å². The fourth-order valence-electron chi connectivity index (χ4n) is 6.76. The Morgan fingerprint density at radius 3 is 1.88 bits per heavy atom. The van der Waals surface area contributed by atoms with Gasteiger partial charge in [0.15, 0.2) is 6.61 Å². The molecule has 0 spiro atoms. The van der Waals surface area contributed by atoms with Crippen LogP contribution < -0.4 is 5.32 Å². The summed E-state index contributed by atoms with van der Waals surface area (Å²) >= 11 is 9.40. The number of nitrogens with one attached hydrogen (secondary N) is 1. The van der Waals surface area contributed by atoms with Gasteiger partial charge in [-0.15, -0.1) is 0 Å². The normalized spacial score (nSPS) is 22.7. The molecule has 9 heteroatoms. The van der Waals surface area contributed by atoms with Gasteiger partial charge in [-0.25, -0.2) is 4.79 Å². The second kappa shape index (κ2) is 10.7. The zero-order valence-corrected chi connectivity index (χ0v) is 24.8. The Balaban J connectivity index is 1.26. The van der Waals surface area contributed by atoms with Crippen LogP contribution in [0, 0.1) is 17.8 Å². The highest BCUT2D eigenvalue weighted by atomic mass is 79.9. The zero-order chi connectivity index (χ0) is 29.0. The van der Waals surface area contributed by atoms with Crippen molar-refractivity contribution in [2.24, 2.45) is 17.8 Å². The van der Waals surface area contributed by atoms with E-state index < -0.39 is 36.4 Å². The van der Waals surface area contributed by atoms with E-state index in [-0.39, 0.29) is 36.0 Å². The van der Waals surface area contributed by atoms with Crippen LogP contribution in [-0.2, 0) is 23.9 Å². The van der Waals surface area contributed by atoms with Crippen molar-refractivity contribution < 1.29 is 23.9 Å². The Morgan fingerprint density at radius 2 is 1.41 bits per heavy atom. The summed E-state index contributed by atoms with van der Waals surface area (Å²) in [5.41, 5.74) is 4.70. The van der Waals surface area contributed by atoms with Crippen molar-refractivity contribution in [3.05, 3.63) is 98.5 Å².